The molecule has 0 fully saturated rings. The zero-order valence-electron chi connectivity index (χ0n) is 14.2. The maximum atomic E-state index is 6.13. The average Bonchev–Trinajstić information content (AvgIpc) is 3.09. The van der Waals surface area contributed by atoms with Crippen LogP contribution in [-0.4, -0.2) is 9.78 Å². The number of para-hydroxylation sites is 1. The molecule has 0 saturated carbocycles. The van der Waals surface area contributed by atoms with Crippen LogP contribution in [0.25, 0.3) is 28.1 Å². The first-order chi connectivity index (χ1) is 12.8. The summed E-state index contributed by atoms with van der Waals surface area (Å²) in [5, 5.41) is 5.75. The van der Waals surface area contributed by atoms with Crippen molar-refractivity contribution >= 4 is 11.6 Å². The van der Waals surface area contributed by atoms with Crippen molar-refractivity contribution in [1.29, 1.82) is 0 Å². The zero-order valence-corrected chi connectivity index (χ0v) is 14.9. The van der Waals surface area contributed by atoms with Gasteiger partial charge in [-0.05, 0) is 48.2 Å². The van der Waals surface area contributed by atoms with Crippen molar-refractivity contribution in [2.75, 3.05) is 0 Å². The van der Waals surface area contributed by atoms with E-state index in [1.165, 1.54) is 16.7 Å². The van der Waals surface area contributed by atoms with Crippen LogP contribution in [0.2, 0.25) is 5.02 Å². The molecule has 4 aromatic rings. The highest BCUT2D eigenvalue weighted by molar-refractivity contribution is 6.30. The van der Waals surface area contributed by atoms with Crippen molar-refractivity contribution in [2.24, 2.45) is 0 Å². The van der Waals surface area contributed by atoms with Gasteiger partial charge in [-0.2, -0.15) is 5.10 Å². The average molecular weight is 357 g/mol. The Balaban J connectivity index is 1.83. The molecule has 1 aliphatic rings. The van der Waals surface area contributed by atoms with Gasteiger partial charge >= 0.3 is 0 Å². The molecule has 0 spiro atoms. The third-order valence-electron chi connectivity index (χ3n) is 4.99. The Hall–Kier alpha value is -2.84. The smallest absolute Gasteiger partial charge is 0.0822 e. The number of hydrogen-bond acceptors (Lipinski definition) is 1. The van der Waals surface area contributed by atoms with Gasteiger partial charge in [0.25, 0.3) is 0 Å². The lowest BCUT2D eigenvalue weighted by Crippen LogP contribution is -2.03. The molecular weight excluding hydrogens is 340 g/mol. The molecule has 5 rings (SSSR count). The maximum Gasteiger partial charge on any atom is 0.0822 e. The van der Waals surface area contributed by atoms with Crippen LogP contribution in [0.5, 0.6) is 0 Å². The van der Waals surface area contributed by atoms with E-state index in [9.17, 15) is 0 Å². The molecule has 2 nitrogen and oxygen atoms in total. The molecule has 3 aromatic carbocycles. The highest BCUT2D eigenvalue weighted by Crippen LogP contribution is 2.41. The maximum absolute atomic E-state index is 6.13. The van der Waals surface area contributed by atoms with E-state index in [0.29, 0.717) is 0 Å². The van der Waals surface area contributed by atoms with Crippen molar-refractivity contribution in [3.63, 3.8) is 0 Å². The molecule has 0 unspecified atom stereocenters. The fourth-order valence-corrected chi connectivity index (χ4v) is 3.91. The van der Waals surface area contributed by atoms with Crippen LogP contribution in [0.4, 0.5) is 0 Å². The highest BCUT2D eigenvalue weighted by atomic mass is 35.5. The number of aromatic nitrogens is 2. The van der Waals surface area contributed by atoms with Crippen molar-refractivity contribution in [1.82, 2.24) is 9.78 Å². The van der Waals surface area contributed by atoms with Crippen molar-refractivity contribution in [3.8, 4) is 28.1 Å². The van der Waals surface area contributed by atoms with E-state index in [2.05, 4.69) is 65.3 Å². The Morgan fingerprint density at radius 2 is 1.50 bits per heavy atom. The summed E-state index contributed by atoms with van der Waals surface area (Å²) in [5.74, 6) is 0. The number of fused-ring (bicyclic) bond motifs is 3. The summed E-state index contributed by atoms with van der Waals surface area (Å²) >= 11 is 6.13. The summed E-state index contributed by atoms with van der Waals surface area (Å²) < 4.78 is 2.08. The minimum atomic E-state index is 0.744. The molecule has 26 heavy (non-hydrogen) atoms. The molecule has 0 amide bonds. The summed E-state index contributed by atoms with van der Waals surface area (Å²) in [6.45, 7) is 0. The normalized spacial score (nSPS) is 12.5. The molecule has 0 saturated heterocycles. The van der Waals surface area contributed by atoms with Crippen LogP contribution in [0.3, 0.4) is 0 Å². The minimum Gasteiger partial charge on any atom is -0.232 e. The molecule has 0 N–H and O–H groups in total. The predicted molar refractivity (Wildman–Crippen MR) is 107 cm³/mol. The Labute approximate surface area is 157 Å². The van der Waals surface area contributed by atoms with Crippen LogP contribution in [0, 0.1) is 0 Å². The number of rotatable bonds is 2. The van der Waals surface area contributed by atoms with Gasteiger partial charge < -0.3 is 0 Å². The Morgan fingerprint density at radius 3 is 2.31 bits per heavy atom. The molecule has 0 radical (unpaired) electrons. The first-order valence-electron chi connectivity index (χ1n) is 8.83. The van der Waals surface area contributed by atoms with Crippen LogP contribution in [0.15, 0.2) is 78.9 Å². The fraction of sp³-hybridized carbons (Fsp3) is 0.0870. The first-order valence-corrected chi connectivity index (χ1v) is 9.20. The van der Waals surface area contributed by atoms with E-state index in [-0.39, 0.29) is 0 Å². The Kier molecular flexibility index (Phi) is 3.65. The van der Waals surface area contributed by atoms with Crippen LogP contribution in [0.1, 0.15) is 11.3 Å². The highest BCUT2D eigenvalue weighted by Gasteiger charge is 2.26. The van der Waals surface area contributed by atoms with Gasteiger partial charge in [0.05, 0.1) is 17.1 Å². The summed E-state index contributed by atoms with van der Waals surface area (Å²) in [4.78, 5) is 0. The molecule has 126 valence electrons. The van der Waals surface area contributed by atoms with E-state index >= 15 is 0 Å². The van der Waals surface area contributed by atoms with Gasteiger partial charge in [-0.1, -0.05) is 66.2 Å². The predicted octanol–water partition coefficient (Wildman–Crippen LogP) is 5.96. The number of nitrogens with zero attached hydrogens (tertiary/aromatic N) is 2. The summed E-state index contributed by atoms with van der Waals surface area (Å²) in [6, 6.07) is 27.1. The van der Waals surface area contributed by atoms with Crippen LogP contribution >= 0.6 is 11.6 Å². The van der Waals surface area contributed by atoms with Gasteiger partial charge in [0.1, 0.15) is 0 Å². The molecule has 1 aliphatic carbocycles. The lowest BCUT2D eigenvalue weighted by Gasteiger charge is -2.17. The number of benzene rings is 3. The lowest BCUT2D eigenvalue weighted by molar-refractivity contribution is 0.818. The van der Waals surface area contributed by atoms with Crippen LogP contribution in [-0.2, 0) is 12.8 Å². The van der Waals surface area contributed by atoms with E-state index in [0.717, 1.165) is 40.5 Å². The van der Waals surface area contributed by atoms with Crippen molar-refractivity contribution in [2.45, 2.75) is 12.8 Å². The van der Waals surface area contributed by atoms with Crippen molar-refractivity contribution in [3.05, 3.63) is 95.1 Å². The van der Waals surface area contributed by atoms with Crippen molar-refractivity contribution < 1.29 is 0 Å². The fourth-order valence-electron chi connectivity index (χ4n) is 3.79. The summed E-state index contributed by atoms with van der Waals surface area (Å²) in [7, 11) is 0. The van der Waals surface area contributed by atoms with E-state index in [1.54, 1.807) is 0 Å². The lowest BCUT2D eigenvalue weighted by atomic mass is 9.87. The third-order valence-corrected chi connectivity index (χ3v) is 5.25. The number of hydrogen-bond donors (Lipinski definition) is 0. The number of halogens is 1. The summed E-state index contributed by atoms with van der Waals surface area (Å²) in [6.07, 6.45) is 2.00. The van der Waals surface area contributed by atoms with Gasteiger partial charge in [0.2, 0.25) is 0 Å². The molecule has 3 heteroatoms. The zero-order chi connectivity index (χ0) is 17.5. The SMILES string of the molecule is Clc1ccc(-c2c3c(nn2-c2ccccc2)CCc2ccccc2-3)cc1. The molecule has 0 bridgehead atoms. The topological polar surface area (TPSA) is 17.8 Å². The van der Waals surface area contributed by atoms with Gasteiger partial charge in [-0.3, -0.25) is 0 Å². The standard InChI is InChI=1S/C23H17ClN2/c24-18-13-10-17(11-14-18)23-22-20-9-5-4-6-16(20)12-15-21(22)25-26(23)19-7-2-1-3-8-19/h1-11,13-14H,12,15H2. The second kappa shape index (κ2) is 6.15. The molecule has 0 atom stereocenters. The van der Waals surface area contributed by atoms with Gasteiger partial charge in [0, 0.05) is 16.1 Å². The Morgan fingerprint density at radius 1 is 0.769 bits per heavy atom. The minimum absolute atomic E-state index is 0.744. The van der Waals surface area contributed by atoms with E-state index in [1.807, 2.05) is 18.2 Å². The number of aryl methyl sites for hydroxylation is 2. The largest absolute Gasteiger partial charge is 0.232 e. The molecule has 1 aromatic heterocycles. The van der Waals surface area contributed by atoms with Gasteiger partial charge in [-0.15, -0.1) is 0 Å². The molecular formula is C23H17ClN2. The molecule has 1 heterocycles. The van der Waals surface area contributed by atoms with E-state index < -0.39 is 0 Å². The van der Waals surface area contributed by atoms with E-state index in [4.69, 9.17) is 16.7 Å². The second-order valence-corrected chi connectivity index (χ2v) is 7.02. The second-order valence-electron chi connectivity index (χ2n) is 6.58. The summed E-state index contributed by atoms with van der Waals surface area (Å²) in [5.41, 5.74) is 8.43. The first kappa shape index (κ1) is 15.4. The monoisotopic (exact) mass is 356 g/mol. The van der Waals surface area contributed by atoms with Gasteiger partial charge in [0.15, 0.2) is 0 Å². The van der Waals surface area contributed by atoms with Gasteiger partial charge in [-0.25, -0.2) is 4.68 Å². The van der Waals surface area contributed by atoms with Crippen LogP contribution < -0.4 is 0 Å². The third kappa shape index (κ3) is 2.46. The quantitative estimate of drug-likeness (QED) is 0.433. The Bertz CT molecular complexity index is 1080. The molecule has 0 aliphatic heterocycles.